The van der Waals surface area contributed by atoms with Crippen molar-refractivity contribution < 1.29 is 76.6 Å². The standard InChI is InChI=1S/2C20H18NOSi.C11H9N.C11H8N.CH4O3S.2CH4O.CH4.2Ir.2H2/c2*1-23(2,3)20-11-7-5-9-15(20)17-12-19-16(13-21-17)14-8-4-6-10-18(14)22-19;2*1-2-6-10(7-3-1)11-8-4-5-9-12-11;1-5(2,3)4;2*1-2;;;;;/h2*4-8,10-13H,1-3H3;1-9H;1-6,8-9H;1H3,(H,2,3,4);2*2H,1H3;1H4;;;2*1H/q2*-1;;-1;;;;;;;;/p-1/i;;;;;;;;;;1+1D;1+1. The number of aromatic nitrogens is 4. The number of aliphatic hydroxyl groups is 2. The van der Waals surface area contributed by atoms with Gasteiger partial charge in [0.05, 0.1) is 15.8 Å². The van der Waals surface area contributed by atoms with Crippen LogP contribution in [0.5, 0.6) is 0 Å². The molecule has 434 valence electrons. The van der Waals surface area contributed by atoms with E-state index in [1.807, 2.05) is 158 Å². The van der Waals surface area contributed by atoms with Crippen LogP contribution in [0.1, 0.15) is 11.8 Å². The molecule has 12 rings (SSSR count). The van der Waals surface area contributed by atoms with Crippen molar-refractivity contribution in [3.63, 3.8) is 0 Å². The van der Waals surface area contributed by atoms with Gasteiger partial charge in [0.2, 0.25) is 0 Å². The van der Waals surface area contributed by atoms with Gasteiger partial charge in [-0.15, -0.1) is 106 Å². The van der Waals surface area contributed by atoms with Crippen LogP contribution in [0.4, 0.5) is 0 Å². The first kappa shape index (κ1) is 67.6. The van der Waals surface area contributed by atoms with E-state index < -0.39 is 26.3 Å². The zero-order valence-electron chi connectivity index (χ0n) is 48.5. The summed E-state index contributed by atoms with van der Waals surface area (Å²) in [6.45, 7) is 14.1. The van der Waals surface area contributed by atoms with Gasteiger partial charge < -0.3 is 38.6 Å². The van der Waals surface area contributed by atoms with Gasteiger partial charge in [-0.05, 0) is 59.5 Å². The van der Waals surface area contributed by atoms with E-state index in [1.54, 1.807) is 6.20 Å². The number of pyridine rings is 4. The minimum absolute atomic E-state index is 0. The van der Waals surface area contributed by atoms with E-state index in [9.17, 15) is 0 Å². The molecule has 0 saturated carbocycles. The van der Waals surface area contributed by atoms with Gasteiger partial charge in [0, 0.05) is 133 Å². The topological polar surface area (TPSA) is 175 Å². The Balaban J connectivity index is 0.000000544. The van der Waals surface area contributed by atoms with E-state index in [2.05, 4.69) is 116 Å². The monoisotopic (exact) mass is 1510 g/mol. The molecular weight excluding hydrogens is 1430 g/mol. The number of fused-ring (bicyclic) bond motifs is 6. The first-order valence-corrected chi connectivity index (χ1v) is 34.1. The number of hydrogen-bond acceptors (Lipinski definition) is 11. The van der Waals surface area contributed by atoms with Crippen LogP contribution in [-0.2, 0) is 50.3 Å². The summed E-state index contributed by atoms with van der Waals surface area (Å²) in [5.41, 5.74) is 11.9. The molecule has 2 radical (unpaired) electrons. The van der Waals surface area contributed by atoms with Gasteiger partial charge in [0.15, 0.2) is 0 Å². The van der Waals surface area contributed by atoms with Crippen molar-refractivity contribution in [2.24, 2.45) is 0 Å². The van der Waals surface area contributed by atoms with Crippen LogP contribution in [0.25, 0.3) is 88.9 Å². The number of para-hydroxylation sites is 2. The van der Waals surface area contributed by atoms with Crippen LogP contribution in [-0.4, -0.2) is 79.7 Å². The normalized spacial score (nSPS) is 10.6. The van der Waals surface area contributed by atoms with Crippen molar-refractivity contribution in [1.29, 1.82) is 0 Å². The minimum atomic E-state index is -3.92. The molecule has 0 spiro atoms. The fourth-order valence-electron chi connectivity index (χ4n) is 8.28. The molecule has 12 aromatic rings. The number of benzene rings is 6. The summed E-state index contributed by atoms with van der Waals surface area (Å²) in [5, 5.41) is 21.1. The molecule has 0 saturated heterocycles. The van der Waals surface area contributed by atoms with Crippen molar-refractivity contribution in [3.8, 4) is 45.0 Å². The number of furan rings is 2. The maximum absolute atomic E-state index is 9.08. The first-order chi connectivity index (χ1) is 39.0. The number of nitrogens with zero attached hydrogens (tertiary/aromatic N) is 4. The predicted molar refractivity (Wildman–Crippen MR) is 339 cm³/mol. The first-order valence-electron chi connectivity index (χ1n) is 26.2. The Morgan fingerprint density at radius 2 is 0.854 bits per heavy atom. The summed E-state index contributed by atoms with van der Waals surface area (Å²) >= 11 is 0. The Morgan fingerprint density at radius 1 is 0.463 bits per heavy atom. The average molecular weight is 1510 g/mol. The Bertz CT molecular complexity index is 3610. The molecule has 6 heterocycles. The van der Waals surface area contributed by atoms with Gasteiger partial charge in [0.1, 0.15) is 22.3 Å². The van der Waals surface area contributed by atoms with Crippen LogP contribution in [0.3, 0.4) is 0 Å². The summed E-state index contributed by atoms with van der Waals surface area (Å²) in [5.74, 6) is 0. The second-order valence-corrected chi connectivity index (χ2v) is 31.0. The second kappa shape index (κ2) is 33.3. The summed E-state index contributed by atoms with van der Waals surface area (Å²) in [7, 11) is -4.84. The van der Waals surface area contributed by atoms with Crippen molar-refractivity contribution >= 4 is 80.5 Å². The van der Waals surface area contributed by atoms with E-state index in [0.717, 1.165) is 103 Å². The van der Waals surface area contributed by atoms with Gasteiger partial charge in [-0.25, -0.2) is 8.42 Å². The maximum Gasteiger partial charge on any atom is 0.135 e. The van der Waals surface area contributed by atoms with Crippen molar-refractivity contribution in [1.82, 2.24) is 19.9 Å². The van der Waals surface area contributed by atoms with Gasteiger partial charge in [-0.2, -0.15) is 0 Å². The summed E-state index contributed by atoms with van der Waals surface area (Å²) < 4.78 is 49.2. The number of hydrogen-bond donors (Lipinski definition) is 2. The molecule has 11 nitrogen and oxygen atoms in total. The Hall–Kier alpha value is -6.92. The van der Waals surface area contributed by atoms with E-state index in [4.69, 9.17) is 45.0 Å². The average Bonchev–Trinajstić information content (AvgIpc) is 3.40. The fourth-order valence-corrected chi connectivity index (χ4v) is 11.4. The van der Waals surface area contributed by atoms with Crippen LogP contribution in [0.15, 0.2) is 222 Å². The summed E-state index contributed by atoms with van der Waals surface area (Å²) in [6.07, 6.45) is 8.04. The Labute approximate surface area is 516 Å². The van der Waals surface area contributed by atoms with E-state index in [0.29, 0.717) is 6.26 Å². The maximum atomic E-state index is 9.08. The molecule has 0 aliphatic heterocycles. The Kier molecular flexibility index (Phi) is 27.4. The molecule has 0 unspecified atom stereocenters. The number of aliphatic hydroxyl groups excluding tert-OH is 2. The van der Waals surface area contributed by atoms with E-state index in [-0.39, 0.29) is 49.1 Å². The van der Waals surface area contributed by atoms with Gasteiger partial charge >= 0.3 is 0 Å². The predicted octanol–water partition coefficient (Wildman–Crippen LogP) is 14.8. The number of rotatable bonds is 6. The van der Waals surface area contributed by atoms with Crippen molar-refractivity contribution in [2.45, 2.75) is 46.7 Å². The van der Waals surface area contributed by atoms with Crippen LogP contribution in [0, 0.1) is 18.2 Å². The smallest absolute Gasteiger partial charge is 0.135 e. The molecule has 82 heavy (non-hydrogen) atoms. The van der Waals surface area contributed by atoms with E-state index in [1.165, 1.54) is 10.4 Å². The zero-order chi connectivity index (χ0) is 59.0. The van der Waals surface area contributed by atoms with E-state index >= 15 is 0 Å². The summed E-state index contributed by atoms with van der Waals surface area (Å²) in [6, 6.07) is 72.4. The van der Waals surface area contributed by atoms with Gasteiger partial charge in [-0.1, -0.05) is 132 Å². The third kappa shape index (κ3) is 19.6. The minimum Gasteiger partial charge on any atom is -0.748 e. The molecule has 0 aliphatic rings. The molecule has 0 bridgehead atoms. The molecule has 0 aliphatic carbocycles. The molecule has 0 fully saturated rings. The molecule has 0 amide bonds. The molecule has 16 heteroatoms. The fraction of sp³-hybridized carbons (Fsp3) is 0.152. The SMILES string of the molecule is C.CO.CO.CS(=O)(=O)[O-].C[Si](C)(C)c1ccc[c-]c1-c1cc2oc3ccccc3c2cn1.C[Si](C)(C)c1ccc[c-]c1-c1cc2oc3ccccc3c2cn1.[2HH].[2H][2H].[Ir].[Ir].[c-]1ccccc1-c1ccccn1.c1ccc(-c2ccccn2)cc1. The third-order valence-electron chi connectivity index (χ3n) is 11.8. The Morgan fingerprint density at radius 3 is 1.26 bits per heavy atom. The zero-order valence-corrected chi connectivity index (χ0v) is 54.1. The van der Waals surface area contributed by atoms with Crippen molar-refractivity contribution in [2.75, 3.05) is 20.5 Å². The van der Waals surface area contributed by atoms with Gasteiger partial charge in [0.25, 0.3) is 0 Å². The largest absolute Gasteiger partial charge is 0.748 e. The van der Waals surface area contributed by atoms with Crippen LogP contribution < -0.4 is 10.4 Å². The molecular formula is C66H72Ir2N4O7SSi2-4. The molecule has 0 atom stereocenters. The molecule has 6 aromatic heterocycles. The van der Waals surface area contributed by atoms with Crippen LogP contribution >= 0.6 is 0 Å². The third-order valence-corrected chi connectivity index (χ3v) is 15.8. The second-order valence-electron chi connectivity index (χ2n) is 19.5. The molecule has 2 N–H and O–H groups in total. The summed E-state index contributed by atoms with van der Waals surface area (Å²) in [4.78, 5) is 17.9. The van der Waals surface area contributed by atoms with Crippen molar-refractivity contribution in [3.05, 3.63) is 231 Å². The molecule has 6 aromatic carbocycles. The van der Waals surface area contributed by atoms with Gasteiger partial charge in [-0.3, -0.25) is 4.98 Å². The quantitative estimate of drug-likeness (QED) is 0.0920. The van der Waals surface area contributed by atoms with Crippen LogP contribution in [0.2, 0.25) is 39.3 Å².